The monoisotopic (exact) mass is 606 g/mol. The maximum atomic E-state index is 12.8. The van der Waals surface area contributed by atoms with Crippen LogP contribution < -0.4 is 15.6 Å². The molecule has 0 fully saturated rings. The fraction of sp³-hybridized carbons (Fsp3) is 0.0870. The summed E-state index contributed by atoms with van der Waals surface area (Å²) in [5.74, 6) is 0.819. The first kappa shape index (κ1) is 24.7. The third-order valence-electron chi connectivity index (χ3n) is 5.43. The molecule has 0 saturated carbocycles. The molecule has 0 bridgehead atoms. The lowest BCUT2D eigenvalue weighted by Gasteiger charge is -2.15. The number of hydrogen-bond donors (Lipinski definition) is 4. The summed E-state index contributed by atoms with van der Waals surface area (Å²) >= 11 is 16.4. The van der Waals surface area contributed by atoms with Gasteiger partial charge in [0, 0.05) is 33.3 Å². The topological polar surface area (TPSA) is 133 Å². The molecule has 0 radical (unpaired) electrons. The van der Waals surface area contributed by atoms with Gasteiger partial charge in [-0.1, -0.05) is 39.1 Å². The van der Waals surface area contributed by atoms with Crippen molar-refractivity contribution in [1.29, 1.82) is 0 Å². The normalized spacial score (nSPS) is 11.9. The number of nitrogens with one attached hydrogen (secondary N) is 4. The van der Waals surface area contributed by atoms with E-state index in [9.17, 15) is 13.2 Å². The van der Waals surface area contributed by atoms with Crippen LogP contribution in [0.1, 0.15) is 11.5 Å². The molecular formula is C23H17BrCl2N6O3S. The summed E-state index contributed by atoms with van der Waals surface area (Å²) in [5, 5.41) is 4.87. The Morgan fingerprint density at radius 3 is 2.53 bits per heavy atom. The van der Waals surface area contributed by atoms with E-state index < -0.39 is 10.0 Å². The Bertz CT molecular complexity index is 1800. The molecule has 0 aliphatic carbocycles. The first-order valence-corrected chi connectivity index (χ1v) is 13.5. The highest BCUT2D eigenvalue weighted by atomic mass is 79.9. The highest BCUT2D eigenvalue weighted by molar-refractivity contribution is 9.10. The number of fused-ring (bicyclic) bond motifs is 3. The number of rotatable bonds is 6. The number of aromatic amines is 2. The van der Waals surface area contributed by atoms with E-state index in [-0.39, 0.29) is 32.7 Å². The van der Waals surface area contributed by atoms with E-state index in [1.165, 1.54) is 18.3 Å². The summed E-state index contributed by atoms with van der Waals surface area (Å²) in [4.78, 5) is 27.0. The molecular weight excluding hydrogens is 591 g/mol. The number of anilines is 2. The molecule has 0 aliphatic rings. The molecule has 184 valence electrons. The molecule has 0 unspecified atom stereocenters. The van der Waals surface area contributed by atoms with Crippen LogP contribution in [0.5, 0.6) is 0 Å². The van der Waals surface area contributed by atoms with Gasteiger partial charge >= 0.3 is 0 Å². The van der Waals surface area contributed by atoms with E-state index in [4.69, 9.17) is 23.2 Å². The standard InChI is InChI=1S/C23H17BrCl2N6O3S/c1-11-9-28-19(30-11)10-29-36(34,35)13-7-16(25)21(17(26)8-13)32-22-14-4-5-27-23(33)20(14)15-6-12(24)2-3-18(15)31-22/h2-9,29H,10H2,1H3,(H,27,33)(H,28,30)(H,31,32). The number of halogens is 3. The third kappa shape index (κ3) is 4.72. The van der Waals surface area contributed by atoms with Crippen LogP contribution in [0.15, 0.2) is 63.0 Å². The van der Waals surface area contributed by atoms with Gasteiger partial charge in [-0.25, -0.2) is 23.1 Å². The highest BCUT2D eigenvalue weighted by Crippen LogP contribution is 2.37. The Balaban J connectivity index is 1.53. The van der Waals surface area contributed by atoms with E-state index in [2.05, 4.69) is 45.9 Å². The second-order valence-corrected chi connectivity index (χ2v) is 11.4. The molecule has 5 aromatic rings. The lowest BCUT2D eigenvalue weighted by molar-refractivity contribution is 0.579. The van der Waals surface area contributed by atoms with Crippen molar-refractivity contribution in [2.24, 2.45) is 0 Å². The van der Waals surface area contributed by atoms with E-state index in [0.717, 1.165) is 10.2 Å². The predicted molar refractivity (Wildman–Crippen MR) is 145 cm³/mol. The molecule has 0 saturated heterocycles. The number of benzene rings is 2. The summed E-state index contributed by atoms with van der Waals surface area (Å²) in [6.07, 6.45) is 3.13. The van der Waals surface area contributed by atoms with Gasteiger partial charge in [0.05, 0.1) is 38.1 Å². The summed E-state index contributed by atoms with van der Waals surface area (Å²) in [5.41, 5.74) is 1.37. The van der Waals surface area contributed by atoms with Crippen molar-refractivity contribution in [3.05, 3.63) is 85.2 Å². The van der Waals surface area contributed by atoms with E-state index in [1.54, 1.807) is 18.3 Å². The summed E-state index contributed by atoms with van der Waals surface area (Å²) < 4.78 is 28.9. The van der Waals surface area contributed by atoms with Gasteiger partial charge in [0.15, 0.2) is 0 Å². The van der Waals surface area contributed by atoms with Gasteiger partial charge in [-0.3, -0.25) is 4.79 Å². The molecule has 0 aliphatic heterocycles. The van der Waals surface area contributed by atoms with Crippen molar-refractivity contribution in [3.8, 4) is 0 Å². The zero-order chi connectivity index (χ0) is 25.6. The fourth-order valence-corrected chi connectivity index (χ4v) is 5.88. The van der Waals surface area contributed by atoms with Crippen LogP contribution in [0, 0.1) is 6.92 Å². The second-order valence-electron chi connectivity index (χ2n) is 7.94. The molecule has 0 atom stereocenters. The maximum absolute atomic E-state index is 12.8. The van der Waals surface area contributed by atoms with Crippen LogP contribution in [-0.2, 0) is 16.6 Å². The van der Waals surface area contributed by atoms with Gasteiger partial charge in [-0.2, -0.15) is 0 Å². The van der Waals surface area contributed by atoms with Crippen LogP contribution in [-0.4, -0.2) is 28.4 Å². The second kappa shape index (κ2) is 9.49. The number of sulfonamides is 1. The lowest BCUT2D eigenvalue weighted by atomic mass is 10.1. The molecule has 2 aromatic carbocycles. The molecule has 9 nitrogen and oxygen atoms in total. The van der Waals surface area contributed by atoms with E-state index >= 15 is 0 Å². The number of pyridine rings is 2. The van der Waals surface area contributed by atoms with Crippen molar-refractivity contribution in [2.45, 2.75) is 18.4 Å². The average molecular weight is 608 g/mol. The van der Waals surface area contributed by atoms with Gasteiger partial charge in [0.2, 0.25) is 10.0 Å². The number of nitrogens with zero attached hydrogens (tertiary/aromatic N) is 2. The van der Waals surface area contributed by atoms with Crippen LogP contribution in [0.2, 0.25) is 10.0 Å². The quantitative estimate of drug-likeness (QED) is 0.191. The van der Waals surface area contributed by atoms with Crippen LogP contribution in [0.25, 0.3) is 21.7 Å². The summed E-state index contributed by atoms with van der Waals surface area (Å²) in [7, 11) is -3.93. The average Bonchev–Trinajstić information content (AvgIpc) is 3.25. The highest BCUT2D eigenvalue weighted by Gasteiger charge is 2.20. The van der Waals surface area contributed by atoms with E-state index in [0.29, 0.717) is 33.3 Å². The molecule has 5 rings (SSSR count). The fourth-order valence-electron chi connectivity index (χ4n) is 3.77. The largest absolute Gasteiger partial charge is 0.345 e. The molecule has 4 N–H and O–H groups in total. The first-order valence-electron chi connectivity index (χ1n) is 10.5. The van der Waals surface area contributed by atoms with Gasteiger partial charge in [-0.15, -0.1) is 0 Å². The zero-order valence-corrected chi connectivity index (χ0v) is 22.4. The Kier molecular flexibility index (Phi) is 6.52. The van der Waals surface area contributed by atoms with Gasteiger partial charge in [0.25, 0.3) is 5.56 Å². The minimum Gasteiger partial charge on any atom is -0.345 e. The molecule has 36 heavy (non-hydrogen) atoms. The Hall–Kier alpha value is -2.96. The predicted octanol–water partition coefficient (Wildman–Crippen LogP) is 5.40. The summed E-state index contributed by atoms with van der Waals surface area (Å²) in [6, 6.07) is 9.71. The van der Waals surface area contributed by atoms with Crippen molar-refractivity contribution in [3.63, 3.8) is 0 Å². The van der Waals surface area contributed by atoms with Crippen LogP contribution in [0.4, 0.5) is 11.5 Å². The number of aryl methyl sites for hydroxylation is 1. The molecule has 0 amide bonds. The zero-order valence-electron chi connectivity index (χ0n) is 18.5. The molecule has 13 heteroatoms. The Labute approximate surface area is 223 Å². The minimum absolute atomic E-state index is 0.0247. The molecule has 3 heterocycles. The molecule has 3 aromatic heterocycles. The Morgan fingerprint density at radius 2 is 1.83 bits per heavy atom. The van der Waals surface area contributed by atoms with Crippen LogP contribution >= 0.6 is 39.1 Å². The van der Waals surface area contributed by atoms with Crippen molar-refractivity contribution in [2.75, 3.05) is 5.32 Å². The minimum atomic E-state index is -3.93. The van der Waals surface area contributed by atoms with Crippen molar-refractivity contribution in [1.82, 2.24) is 24.7 Å². The van der Waals surface area contributed by atoms with Gasteiger partial charge in [-0.05, 0) is 43.3 Å². The number of H-pyrrole nitrogens is 2. The molecule has 0 spiro atoms. The van der Waals surface area contributed by atoms with Crippen molar-refractivity contribution >= 4 is 82.3 Å². The number of aromatic nitrogens is 4. The van der Waals surface area contributed by atoms with Crippen LogP contribution in [0.3, 0.4) is 0 Å². The third-order valence-corrected chi connectivity index (χ3v) is 7.90. The van der Waals surface area contributed by atoms with E-state index in [1.807, 2.05) is 19.1 Å². The number of hydrogen-bond acceptors (Lipinski definition) is 6. The summed E-state index contributed by atoms with van der Waals surface area (Å²) in [6.45, 7) is 1.79. The maximum Gasteiger partial charge on any atom is 0.256 e. The van der Waals surface area contributed by atoms with Gasteiger partial charge in [0.1, 0.15) is 11.6 Å². The van der Waals surface area contributed by atoms with Gasteiger partial charge < -0.3 is 15.3 Å². The van der Waals surface area contributed by atoms with Crippen molar-refractivity contribution < 1.29 is 8.42 Å². The Morgan fingerprint density at radius 1 is 1.08 bits per heavy atom. The first-order chi connectivity index (χ1) is 17.1. The smallest absolute Gasteiger partial charge is 0.256 e. The lowest BCUT2D eigenvalue weighted by Crippen LogP contribution is -2.24. The number of imidazole rings is 1. The SMILES string of the molecule is Cc1cnc(CNS(=O)(=O)c2cc(Cl)c(Nc3nc4ccc(Br)cc4c4c(=O)[nH]ccc34)c(Cl)c2)[nH]1.